The van der Waals surface area contributed by atoms with Crippen LogP contribution in [0, 0.1) is 0 Å². The first kappa shape index (κ1) is 18.4. The van der Waals surface area contributed by atoms with Gasteiger partial charge in [0.2, 0.25) is 0 Å². The minimum atomic E-state index is 0.544. The lowest BCUT2D eigenvalue weighted by Gasteiger charge is -2.09. The van der Waals surface area contributed by atoms with Crippen LogP contribution in [0.1, 0.15) is 5.56 Å². The highest BCUT2D eigenvalue weighted by molar-refractivity contribution is 7.98. The van der Waals surface area contributed by atoms with E-state index < -0.39 is 0 Å². The number of thioether (sulfide) groups is 1. The molecule has 1 aromatic heterocycles. The number of hydrogen-bond donors (Lipinski definition) is 0. The summed E-state index contributed by atoms with van der Waals surface area (Å²) < 4.78 is 7.31. The summed E-state index contributed by atoms with van der Waals surface area (Å²) in [5.74, 6) is 2.09. The van der Waals surface area contributed by atoms with Gasteiger partial charge in [0.05, 0.1) is 22.7 Å². The van der Waals surface area contributed by atoms with Gasteiger partial charge in [-0.25, -0.2) is 0 Å². The van der Waals surface area contributed by atoms with Gasteiger partial charge in [-0.05, 0) is 35.9 Å². The largest absolute Gasteiger partial charge is 0.496 e. The van der Waals surface area contributed by atoms with Crippen LogP contribution < -0.4 is 4.74 Å². The van der Waals surface area contributed by atoms with E-state index in [-0.39, 0.29) is 0 Å². The highest BCUT2D eigenvalue weighted by atomic mass is 35.5. The van der Waals surface area contributed by atoms with E-state index in [1.54, 1.807) is 31.0 Å². The van der Waals surface area contributed by atoms with Crippen LogP contribution in [0.25, 0.3) is 11.4 Å². The molecule has 8 heteroatoms. The van der Waals surface area contributed by atoms with Crippen LogP contribution in [0.4, 0.5) is 0 Å². The van der Waals surface area contributed by atoms with Gasteiger partial charge in [0.1, 0.15) is 5.75 Å². The van der Waals surface area contributed by atoms with Crippen LogP contribution in [-0.4, -0.2) is 21.9 Å². The molecule has 25 heavy (non-hydrogen) atoms. The maximum absolute atomic E-state index is 6.11. The lowest BCUT2D eigenvalue weighted by molar-refractivity contribution is 0.416. The van der Waals surface area contributed by atoms with Crippen molar-refractivity contribution >= 4 is 46.6 Å². The van der Waals surface area contributed by atoms with E-state index in [9.17, 15) is 0 Å². The Morgan fingerprint density at radius 2 is 1.84 bits per heavy atom. The number of ether oxygens (including phenoxy) is 1. The molecule has 0 aliphatic heterocycles. The van der Waals surface area contributed by atoms with E-state index in [4.69, 9.17) is 39.5 Å². The molecule has 0 N–H and O–H groups in total. The summed E-state index contributed by atoms with van der Waals surface area (Å²) in [5, 5.41) is 11.0. The van der Waals surface area contributed by atoms with Crippen molar-refractivity contribution in [1.29, 1.82) is 0 Å². The molecule has 0 saturated carbocycles. The second-order valence-electron chi connectivity index (χ2n) is 5.25. The number of aromatic nitrogens is 3. The number of rotatable bonds is 5. The molecule has 0 amide bonds. The standard InChI is InChI=1S/C17H14Cl3N3OS/c1-23-16(12-8-11(18)4-6-15(12)24-2)21-22-17(23)25-9-10-3-5-13(19)14(20)7-10/h3-8H,9H2,1-2H3. The number of nitrogens with zero attached hydrogens (tertiary/aromatic N) is 3. The lowest BCUT2D eigenvalue weighted by Crippen LogP contribution is -1.97. The van der Waals surface area contributed by atoms with Crippen LogP contribution in [-0.2, 0) is 12.8 Å². The van der Waals surface area contributed by atoms with Gasteiger partial charge < -0.3 is 9.30 Å². The smallest absolute Gasteiger partial charge is 0.191 e. The third-order valence-corrected chi connectivity index (χ3v) is 5.65. The molecule has 0 atom stereocenters. The van der Waals surface area contributed by atoms with Crippen molar-refractivity contribution in [1.82, 2.24) is 14.8 Å². The molecular weight excluding hydrogens is 401 g/mol. The monoisotopic (exact) mass is 413 g/mol. The molecule has 0 bridgehead atoms. The summed E-state index contributed by atoms with van der Waals surface area (Å²) in [6, 6.07) is 11.0. The topological polar surface area (TPSA) is 39.9 Å². The molecule has 4 nitrogen and oxygen atoms in total. The fraction of sp³-hybridized carbons (Fsp3) is 0.176. The third kappa shape index (κ3) is 4.06. The second kappa shape index (κ2) is 7.87. The van der Waals surface area contributed by atoms with Gasteiger partial charge in [-0.1, -0.05) is 52.6 Å². The number of benzene rings is 2. The highest BCUT2D eigenvalue weighted by Gasteiger charge is 2.16. The summed E-state index contributed by atoms with van der Waals surface area (Å²) in [5.41, 5.74) is 1.86. The van der Waals surface area contributed by atoms with Crippen molar-refractivity contribution in [3.05, 3.63) is 57.0 Å². The Balaban J connectivity index is 1.84. The Bertz CT molecular complexity index is 914. The zero-order chi connectivity index (χ0) is 18.0. The molecule has 0 radical (unpaired) electrons. The molecule has 130 valence electrons. The average Bonchev–Trinajstić information content (AvgIpc) is 2.96. The zero-order valence-electron chi connectivity index (χ0n) is 13.5. The van der Waals surface area contributed by atoms with Crippen LogP contribution in [0.3, 0.4) is 0 Å². The molecule has 0 fully saturated rings. The zero-order valence-corrected chi connectivity index (χ0v) is 16.5. The Labute approximate surface area is 165 Å². The van der Waals surface area contributed by atoms with Crippen molar-refractivity contribution in [2.75, 3.05) is 7.11 Å². The van der Waals surface area contributed by atoms with E-state index in [0.717, 1.165) is 16.3 Å². The van der Waals surface area contributed by atoms with E-state index in [2.05, 4.69) is 10.2 Å². The molecule has 0 spiro atoms. The normalized spacial score (nSPS) is 10.9. The molecule has 3 rings (SSSR count). The first-order chi connectivity index (χ1) is 12.0. The van der Waals surface area contributed by atoms with E-state index in [0.29, 0.717) is 32.4 Å². The summed E-state index contributed by atoms with van der Waals surface area (Å²) in [7, 11) is 3.52. The van der Waals surface area contributed by atoms with Gasteiger partial charge in [0.15, 0.2) is 11.0 Å². The minimum Gasteiger partial charge on any atom is -0.496 e. The number of methoxy groups -OCH3 is 1. The maximum atomic E-state index is 6.11. The predicted octanol–water partition coefficient (Wildman–Crippen LogP) is 5.74. The SMILES string of the molecule is COc1ccc(Cl)cc1-c1nnc(SCc2ccc(Cl)c(Cl)c2)n1C. The summed E-state index contributed by atoms with van der Waals surface area (Å²) in [4.78, 5) is 0. The van der Waals surface area contributed by atoms with Crippen molar-refractivity contribution in [2.24, 2.45) is 7.05 Å². The molecule has 0 saturated heterocycles. The average molecular weight is 415 g/mol. The number of hydrogen-bond acceptors (Lipinski definition) is 4. The Kier molecular flexibility index (Phi) is 5.79. The fourth-order valence-corrected chi connectivity index (χ4v) is 3.65. The first-order valence-electron chi connectivity index (χ1n) is 7.29. The highest BCUT2D eigenvalue weighted by Crippen LogP contribution is 2.33. The Hall–Kier alpha value is -1.40. The molecule has 1 heterocycles. The quantitative estimate of drug-likeness (QED) is 0.499. The van der Waals surface area contributed by atoms with Gasteiger partial charge in [-0.2, -0.15) is 0 Å². The molecule has 2 aromatic carbocycles. The predicted molar refractivity (Wildman–Crippen MR) is 104 cm³/mol. The van der Waals surface area contributed by atoms with Gasteiger partial charge in [0.25, 0.3) is 0 Å². The van der Waals surface area contributed by atoms with Gasteiger partial charge >= 0.3 is 0 Å². The van der Waals surface area contributed by atoms with Crippen molar-refractivity contribution in [2.45, 2.75) is 10.9 Å². The molecule has 0 unspecified atom stereocenters. The van der Waals surface area contributed by atoms with Crippen molar-refractivity contribution < 1.29 is 4.74 Å². The molecule has 3 aromatic rings. The molecule has 0 aliphatic rings. The van der Waals surface area contributed by atoms with Crippen LogP contribution in [0.5, 0.6) is 5.75 Å². The van der Waals surface area contributed by atoms with Gasteiger partial charge in [-0.15, -0.1) is 10.2 Å². The third-order valence-electron chi connectivity index (χ3n) is 3.59. The molecular formula is C17H14Cl3N3OS. The van der Waals surface area contributed by atoms with Crippen LogP contribution >= 0.6 is 46.6 Å². The van der Waals surface area contributed by atoms with Gasteiger partial charge in [-0.3, -0.25) is 0 Å². The van der Waals surface area contributed by atoms with Crippen molar-refractivity contribution in [3.63, 3.8) is 0 Å². The lowest BCUT2D eigenvalue weighted by atomic mass is 10.2. The Morgan fingerprint density at radius 3 is 2.56 bits per heavy atom. The van der Waals surface area contributed by atoms with E-state index in [1.165, 1.54) is 0 Å². The first-order valence-corrected chi connectivity index (χ1v) is 9.41. The fourth-order valence-electron chi connectivity index (χ4n) is 2.31. The summed E-state index contributed by atoms with van der Waals surface area (Å²) in [6.07, 6.45) is 0. The Morgan fingerprint density at radius 1 is 1.04 bits per heavy atom. The van der Waals surface area contributed by atoms with Crippen LogP contribution in [0.15, 0.2) is 41.6 Å². The number of halogens is 3. The van der Waals surface area contributed by atoms with E-state index >= 15 is 0 Å². The van der Waals surface area contributed by atoms with Crippen LogP contribution in [0.2, 0.25) is 15.1 Å². The summed E-state index contributed by atoms with van der Waals surface area (Å²) >= 11 is 19.7. The van der Waals surface area contributed by atoms with Gasteiger partial charge in [0, 0.05) is 17.8 Å². The molecule has 0 aliphatic carbocycles. The summed E-state index contributed by atoms with van der Waals surface area (Å²) in [6.45, 7) is 0. The maximum Gasteiger partial charge on any atom is 0.191 e. The van der Waals surface area contributed by atoms with Crippen molar-refractivity contribution in [3.8, 4) is 17.1 Å². The van der Waals surface area contributed by atoms with E-state index in [1.807, 2.05) is 35.9 Å². The minimum absolute atomic E-state index is 0.544. The second-order valence-corrected chi connectivity index (χ2v) is 7.44.